The summed E-state index contributed by atoms with van der Waals surface area (Å²) in [6, 6.07) is 10.7. The summed E-state index contributed by atoms with van der Waals surface area (Å²) in [4.78, 5) is 9.07. The number of aromatic nitrogens is 3. The van der Waals surface area contributed by atoms with Crippen LogP contribution in [0.15, 0.2) is 47.5 Å². The highest BCUT2D eigenvalue weighted by molar-refractivity contribution is 7.89. The van der Waals surface area contributed by atoms with Crippen LogP contribution in [-0.2, 0) is 23.1 Å². The van der Waals surface area contributed by atoms with Crippen molar-refractivity contribution in [2.75, 3.05) is 0 Å². The number of pyridine rings is 1. The molecule has 0 spiro atoms. The zero-order valence-electron chi connectivity index (χ0n) is 14.6. The fraction of sp³-hybridized carbons (Fsp3) is 0.333. The number of hydrogen-bond donors (Lipinski definition) is 1. The number of imidazole rings is 1. The molecule has 0 aliphatic rings. The number of hydrogen-bond acceptors (Lipinski definition) is 4. The molecule has 0 saturated heterocycles. The van der Waals surface area contributed by atoms with Gasteiger partial charge < -0.3 is 4.57 Å². The predicted octanol–water partition coefficient (Wildman–Crippen LogP) is 3.05. The number of rotatable bonds is 6. The molecule has 0 fully saturated rings. The van der Waals surface area contributed by atoms with Gasteiger partial charge >= 0.3 is 0 Å². The Morgan fingerprint density at radius 3 is 2.52 bits per heavy atom. The zero-order valence-corrected chi connectivity index (χ0v) is 15.4. The van der Waals surface area contributed by atoms with E-state index in [1.54, 1.807) is 18.3 Å². The van der Waals surface area contributed by atoms with Crippen LogP contribution < -0.4 is 4.72 Å². The lowest BCUT2D eigenvalue weighted by Gasteiger charge is -2.10. The first-order chi connectivity index (χ1) is 11.9. The van der Waals surface area contributed by atoms with E-state index in [4.69, 9.17) is 0 Å². The van der Waals surface area contributed by atoms with E-state index in [2.05, 4.69) is 28.5 Å². The third-order valence-corrected chi connectivity index (χ3v) is 5.59. The molecule has 25 heavy (non-hydrogen) atoms. The van der Waals surface area contributed by atoms with Gasteiger partial charge in [-0.1, -0.05) is 26.0 Å². The van der Waals surface area contributed by atoms with E-state index in [1.807, 2.05) is 35.8 Å². The van der Waals surface area contributed by atoms with Gasteiger partial charge in [-0.2, -0.15) is 0 Å². The number of benzene rings is 1. The van der Waals surface area contributed by atoms with E-state index in [0.717, 1.165) is 16.7 Å². The maximum atomic E-state index is 12.5. The molecule has 1 aromatic carbocycles. The predicted molar refractivity (Wildman–Crippen MR) is 97.8 cm³/mol. The average molecular weight is 358 g/mol. The molecule has 2 aromatic heterocycles. The minimum absolute atomic E-state index is 0.123. The van der Waals surface area contributed by atoms with Gasteiger partial charge in [-0.3, -0.25) is 0 Å². The van der Waals surface area contributed by atoms with Crippen LogP contribution in [-0.4, -0.2) is 23.0 Å². The van der Waals surface area contributed by atoms with Crippen molar-refractivity contribution in [2.45, 2.75) is 44.7 Å². The lowest BCUT2D eigenvalue weighted by atomic mass is 10.0. The van der Waals surface area contributed by atoms with Crippen LogP contribution in [0.1, 0.15) is 38.1 Å². The third-order valence-electron chi connectivity index (χ3n) is 4.18. The minimum atomic E-state index is -3.59. The molecule has 0 aliphatic carbocycles. The van der Waals surface area contributed by atoms with Crippen LogP contribution in [0.2, 0.25) is 0 Å². The van der Waals surface area contributed by atoms with Crippen LogP contribution in [0.4, 0.5) is 0 Å². The Bertz CT molecular complexity index is 976. The molecule has 3 rings (SSSR count). The number of fused-ring (bicyclic) bond motifs is 1. The molecule has 7 heteroatoms. The van der Waals surface area contributed by atoms with Crippen molar-refractivity contribution in [1.29, 1.82) is 0 Å². The summed E-state index contributed by atoms with van der Waals surface area (Å²) in [5.74, 6) is 1.01. The summed E-state index contributed by atoms with van der Waals surface area (Å²) in [7, 11) is -3.59. The van der Waals surface area contributed by atoms with Gasteiger partial charge in [0, 0.05) is 12.7 Å². The van der Waals surface area contributed by atoms with Crippen molar-refractivity contribution >= 4 is 21.2 Å². The standard InChI is InChI=1S/C18H22N4O2S/c1-4-22-17(21-16-6-5-11-19-18(16)22)12-20-25(23,24)15-9-7-14(8-10-15)13(2)3/h5-11,13,20H,4,12H2,1-3H3. The van der Waals surface area contributed by atoms with Crippen LogP contribution in [0.3, 0.4) is 0 Å². The van der Waals surface area contributed by atoms with Crippen molar-refractivity contribution in [3.05, 3.63) is 54.0 Å². The molecule has 0 unspecified atom stereocenters. The first kappa shape index (κ1) is 17.6. The van der Waals surface area contributed by atoms with Gasteiger partial charge in [0.15, 0.2) is 5.65 Å². The Morgan fingerprint density at radius 1 is 1.16 bits per heavy atom. The highest BCUT2D eigenvalue weighted by atomic mass is 32.2. The van der Waals surface area contributed by atoms with E-state index in [9.17, 15) is 8.42 Å². The van der Waals surface area contributed by atoms with Gasteiger partial charge in [0.2, 0.25) is 10.0 Å². The molecule has 0 atom stereocenters. The first-order valence-corrected chi connectivity index (χ1v) is 9.80. The molecular formula is C18H22N4O2S. The summed E-state index contributed by atoms with van der Waals surface area (Å²) >= 11 is 0. The fourth-order valence-corrected chi connectivity index (χ4v) is 3.73. The molecule has 0 bridgehead atoms. The maximum absolute atomic E-state index is 12.5. The summed E-state index contributed by atoms with van der Waals surface area (Å²) in [6.45, 7) is 6.93. The summed E-state index contributed by atoms with van der Waals surface area (Å²) in [5.41, 5.74) is 2.64. The molecule has 0 amide bonds. The smallest absolute Gasteiger partial charge is 0.240 e. The second-order valence-corrected chi connectivity index (χ2v) is 7.93. The molecule has 0 radical (unpaired) electrons. The largest absolute Gasteiger partial charge is 0.312 e. The Labute approximate surface area is 148 Å². The van der Waals surface area contributed by atoms with E-state index >= 15 is 0 Å². The molecule has 3 aromatic rings. The van der Waals surface area contributed by atoms with Crippen LogP contribution >= 0.6 is 0 Å². The van der Waals surface area contributed by atoms with Gasteiger partial charge in [-0.05, 0) is 42.7 Å². The van der Waals surface area contributed by atoms with Crippen LogP contribution in [0.5, 0.6) is 0 Å². The molecule has 0 saturated carbocycles. The Hall–Kier alpha value is -2.25. The highest BCUT2D eigenvalue weighted by Gasteiger charge is 2.17. The third kappa shape index (κ3) is 3.57. The van der Waals surface area contributed by atoms with E-state index in [0.29, 0.717) is 18.3 Å². The van der Waals surface area contributed by atoms with Crippen LogP contribution in [0, 0.1) is 0 Å². The van der Waals surface area contributed by atoms with Gasteiger partial charge in [-0.25, -0.2) is 23.1 Å². The van der Waals surface area contributed by atoms with E-state index in [-0.39, 0.29) is 11.4 Å². The van der Waals surface area contributed by atoms with Crippen LogP contribution in [0.25, 0.3) is 11.2 Å². The van der Waals surface area contributed by atoms with E-state index < -0.39 is 10.0 Å². The zero-order chi connectivity index (χ0) is 18.0. The second kappa shape index (κ2) is 6.93. The monoisotopic (exact) mass is 358 g/mol. The highest BCUT2D eigenvalue weighted by Crippen LogP contribution is 2.18. The maximum Gasteiger partial charge on any atom is 0.240 e. The number of aryl methyl sites for hydroxylation is 1. The minimum Gasteiger partial charge on any atom is -0.312 e. The first-order valence-electron chi connectivity index (χ1n) is 8.32. The summed E-state index contributed by atoms with van der Waals surface area (Å²) in [6.07, 6.45) is 1.71. The van der Waals surface area contributed by atoms with Gasteiger partial charge in [0.25, 0.3) is 0 Å². The van der Waals surface area contributed by atoms with Gasteiger partial charge in [0.05, 0.1) is 11.4 Å². The normalized spacial score (nSPS) is 12.2. The average Bonchev–Trinajstić information content (AvgIpc) is 2.97. The molecule has 2 heterocycles. The van der Waals surface area contributed by atoms with Gasteiger partial charge in [-0.15, -0.1) is 0 Å². The summed E-state index contributed by atoms with van der Waals surface area (Å²) < 4.78 is 29.6. The fourth-order valence-electron chi connectivity index (χ4n) is 2.75. The quantitative estimate of drug-likeness (QED) is 0.735. The lowest BCUT2D eigenvalue weighted by Crippen LogP contribution is -2.25. The molecular weight excluding hydrogens is 336 g/mol. The van der Waals surface area contributed by atoms with Crippen molar-refractivity contribution < 1.29 is 8.42 Å². The van der Waals surface area contributed by atoms with Crippen molar-refractivity contribution in [3.8, 4) is 0 Å². The Morgan fingerprint density at radius 2 is 1.88 bits per heavy atom. The van der Waals surface area contributed by atoms with Crippen molar-refractivity contribution in [1.82, 2.24) is 19.3 Å². The number of nitrogens with zero attached hydrogens (tertiary/aromatic N) is 3. The second-order valence-electron chi connectivity index (χ2n) is 6.17. The topological polar surface area (TPSA) is 76.9 Å². The Balaban J connectivity index is 1.82. The summed E-state index contributed by atoms with van der Waals surface area (Å²) in [5, 5.41) is 0. The number of sulfonamides is 1. The SMILES string of the molecule is CCn1c(CNS(=O)(=O)c2ccc(C(C)C)cc2)nc2cccnc21. The number of nitrogens with one attached hydrogen (secondary N) is 1. The van der Waals surface area contributed by atoms with Gasteiger partial charge in [0.1, 0.15) is 11.3 Å². The molecule has 132 valence electrons. The van der Waals surface area contributed by atoms with Crippen molar-refractivity contribution in [3.63, 3.8) is 0 Å². The lowest BCUT2D eigenvalue weighted by molar-refractivity contribution is 0.576. The Kier molecular flexibility index (Phi) is 4.87. The van der Waals surface area contributed by atoms with E-state index in [1.165, 1.54) is 0 Å². The molecule has 0 aliphatic heterocycles. The molecule has 6 nitrogen and oxygen atoms in total. The van der Waals surface area contributed by atoms with Crippen molar-refractivity contribution in [2.24, 2.45) is 0 Å². The molecule has 1 N–H and O–H groups in total.